The molecule has 0 fully saturated rings. The fraction of sp³-hybridized carbons (Fsp3) is 0.222. The molecule has 1 rings (SSSR count). The SMILES string of the molecule is CC(C(=O)O)S(=O)(=O)Nc1cccc(NS(N)(=O)=O)c1. The van der Waals surface area contributed by atoms with Crippen LogP contribution in [0.25, 0.3) is 0 Å². The molecule has 20 heavy (non-hydrogen) atoms. The molecule has 0 aromatic heterocycles. The quantitative estimate of drug-likeness (QED) is 0.554. The molecule has 1 atom stereocenters. The van der Waals surface area contributed by atoms with Gasteiger partial charge in [0.25, 0.3) is 10.2 Å². The van der Waals surface area contributed by atoms with Crippen LogP contribution in [0.4, 0.5) is 11.4 Å². The van der Waals surface area contributed by atoms with Gasteiger partial charge in [-0.2, -0.15) is 8.42 Å². The van der Waals surface area contributed by atoms with Crippen LogP contribution in [0.3, 0.4) is 0 Å². The number of nitrogens with one attached hydrogen (secondary N) is 2. The first-order valence-corrected chi connectivity index (χ1v) is 8.25. The van der Waals surface area contributed by atoms with Gasteiger partial charge < -0.3 is 5.11 Å². The Morgan fingerprint density at radius 2 is 1.70 bits per heavy atom. The van der Waals surface area contributed by atoms with Gasteiger partial charge in [-0.1, -0.05) is 6.07 Å². The minimum Gasteiger partial charge on any atom is -0.480 e. The summed E-state index contributed by atoms with van der Waals surface area (Å²) in [6.07, 6.45) is 0. The molecule has 0 bridgehead atoms. The number of rotatable bonds is 6. The number of anilines is 2. The van der Waals surface area contributed by atoms with Gasteiger partial charge >= 0.3 is 5.97 Å². The summed E-state index contributed by atoms with van der Waals surface area (Å²) in [4.78, 5) is 10.7. The first-order chi connectivity index (χ1) is 9.01. The predicted octanol–water partition coefficient (Wildman–Crippen LogP) is -0.483. The van der Waals surface area contributed by atoms with Crippen LogP contribution in [-0.4, -0.2) is 33.2 Å². The second-order valence-electron chi connectivity index (χ2n) is 3.86. The Morgan fingerprint density at radius 3 is 2.15 bits per heavy atom. The largest absolute Gasteiger partial charge is 0.480 e. The predicted molar refractivity (Wildman–Crippen MR) is 72.8 cm³/mol. The van der Waals surface area contributed by atoms with Crippen molar-refractivity contribution < 1.29 is 26.7 Å². The molecule has 0 saturated heterocycles. The second kappa shape index (κ2) is 5.64. The zero-order chi connectivity index (χ0) is 15.6. The van der Waals surface area contributed by atoms with E-state index in [0.717, 1.165) is 13.0 Å². The van der Waals surface area contributed by atoms with E-state index in [1.807, 2.05) is 9.44 Å². The number of hydrogen-bond donors (Lipinski definition) is 4. The highest BCUT2D eigenvalue weighted by atomic mass is 32.2. The van der Waals surface area contributed by atoms with Crippen LogP contribution in [0.2, 0.25) is 0 Å². The molecule has 0 aliphatic heterocycles. The molecule has 1 aromatic carbocycles. The molecule has 9 nitrogen and oxygen atoms in total. The van der Waals surface area contributed by atoms with Crippen molar-refractivity contribution in [2.24, 2.45) is 5.14 Å². The van der Waals surface area contributed by atoms with Gasteiger partial charge in [0.05, 0.1) is 11.4 Å². The van der Waals surface area contributed by atoms with Crippen molar-refractivity contribution in [3.8, 4) is 0 Å². The molecule has 0 saturated carbocycles. The smallest absolute Gasteiger partial charge is 0.323 e. The highest BCUT2D eigenvalue weighted by Crippen LogP contribution is 2.18. The summed E-state index contributed by atoms with van der Waals surface area (Å²) in [5.41, 5.74) is 0.0439. The Hall–Kier alpha value is -1.85. The van der Waals surface area contributed by atoms with Crippen molar-refractivity contribution in [3.05, 3.63) is 24.3 Å². The third kappa shape index (κ3) is 4.68. The van der Waals surface area contributed by atoms with E-state index >= 15 is 0 Å². The summed E-state index contributed by atoms with van der Waals surface area (Å²) < 4.78 is 49.1. The van der Waals surface area contributed by atoms with Crippen molar-refractivity contribution in [1.29, 1.82) is 0 Å². The molecule has 0 radical (unpaired) electrons. The van der Waals surface area contributed by atoms with Gasteiger partial charge in [0, 0.05) is 0 Å². The second-order valence-corrected chi connectivity index (χ2v) is 7.15. The van der Waals surface area contributed by atoms with Crippen molar-refractivity contribution in [1.82, 2.24) is 0 Å². The number of nitrogens with two attached hydrogens (primary N) is 1. The maximum absolute atomic E-state index is 11.7. The first kappa shape index (κ1) is 16.2. The lowest BCUT2D eigenvalue weighted by Gasteiger charge is -2.12. The van der Waals surface area contributed by atoms with Crippen LogP contribution in [0.15, 0.2) is 24.3 Å². The van der Waals surface area contributed by atoms with Gasteiger partial charge in [0.15, 0.2) is 5.25 Å². The Kier molecular flexibility index (Phi) is 4.57. The van der Waals surface area contributed by atoms with Crippen LogP contribution in [0, 0.1) is 0 Å². The van der Waals surface area contributed by atoms with Gasteiger partial charge in [-0.15, -0.1) is 0 Å². The molecule has 0 aliphatic rings. The zero-order valence-corrected chi connectivity index (χ0v) is 11.9. The molecule has 0 heterocycles. The lowest BCUT2D eigenvalue weighted by atomic mass is 10.3. The highest BCUT2D eigenvalue weighted by molar-refractivity contribution is 7.94. The van der Waals surface area contributed by atoms with Crippen molar-refractivity contribution in [2.75, 3.05) is 9.44 Å². The topological polar surface area (TPSA) is 156 Å². The molecule has 1 aromatic rings. The summed E-state index contributed by atoms with van der Waals surface area (Å²) in [5, 5.41) is 11.8. The van der Waals surface area contributed by atoms with Crippen LogP contribution in [0.1, 0.15) is 6.92 Å². The Labute approximate surface area is 116 Å². The molecule has 0 aliphatic carbocycles. The number of carboxylic acid groups (broad SMARTS) is 1. The van der Waals surface area contributed by atoms with Crippen molar-refractivity contribution in [2.45, 2.75) is 12.2 Å². The third-order valence-electron chi connectivity index (χ3n) is 2.20. The van der Waals surface area contributed by atoms with Crippen LogP contribution < -0.4 is 14.6 Å². The van der Waals surface area contributed by atoms with Crippen LogP contribution in [0.5, 0.6) is 0 Å². The molecule has 0 amide bonds. The first-order valence-electron chi connectivity index (χ1n) is 5.16. The van der Waals surface area contributed by atoms with Gasteiger partial charge in [-0.05, 0) is 25.1 Å². The van der Waals surface area contributed by atoms with E-state index in [4.69, 9.17) is 10.2 Å². The van der Waals surface area contributed by atoms with Crippen molar-refractivity contribution >= 4 is 37.6 Å². The van der Waals surface area contributed by atoms with Crippen LogP contribution >= 0.6 is 0 Å². The number of hydrogen-bond acceptors (Lipinski definition) is 5. The van der Waals surface area contributed by atoms with E-state index in [2.05, 4.69) is 0 Å². The maximum atomic E-state index is 11.7. The minimum atomic E-state index is -4.13. The summed E-state index contributed by atoms with van der Waals surface area (Å²) in [5.74, 6) is -1.50. The minimum absolute atomic E-state index is 0.00625. The summed E-state index contributed by atoms with van der Waals surface area (Å²) >= 11 is 0. The Bertz CT molecular complexity index is 713. The summed E-state index contributed by atoms with van der Waals surface area (Å²) in [6.45, 7) is 1.01. The Morgan fingerprint density at radius 1 is 1.20 bits per heavy atom. The monoisotopic (exact) mass is 323 g/mol. The number of sulfonamides is 1. The van der Waals surface area contributed by atoms with Gasteiger partial charge in [-0.3, -0.25) is 14.2 Å². The number of aliphatic carboxylic acids is 1. The average molecular weight is 323 g/mol. The van der Waals surface area contributed by atoms with Crippen molar-refractivity contribution in [3.63, 3.8) is 0 Å². The number of carboxylic acids is 1. The van der Waals surface area contributed by atoms with Gasteiger partial charge in [0.1, 0.15) is 0 Å². The molecule has 11 heteroatoms. The zero-order valence-electron chi connectivity index (χ0n) is 10.3. The van der Waals surface area contributed by atoms with E-state index < -0.39 is 31.5 Å². The number of benzene rings is 1. The number of carbonyl (C=O) groups is 1. The van der Waals surface area contributed by atoms with E-state index in [0.29, 0.717) is 0 Å². The van der Waals surface area contributed by atoms with E-state index in [1.54, 1.807) is 0 Å². The average Bonchev–Trinajstić information content (AvgIpc) is 2.25. The summed E-state index contributed by atoms with van der Waals surface area (Å²) in [6, 6.07) is 5.22. The molecular weight excluding hydrogens is 310 g/mol. The lowest BCUT2D eigenvalue weighted by molar-refractivity contribution is -0.136. The Balaban J connectivity index is 3.00. The maximum Gasteiger partial charge on any atom is 0.323 e. The van der Waals surface area contributed by atoms with Crippen LogP contribution in [-0.2, 0) is 25.0 Å². The third-order valence-corrected chi connectivity index (χ3v) is 4.37. The highest BCUT2D eigenvalue weighted by Gasteiger charge is 2.27. The fourth-order valence-electron chi connectivity index (χ4n) is 1.20. The van der Waals surface area contributed by atoms with Gasteiger partial charge in [-0.25, -0.2) is 13.6 Å². The standard InChI is InChI=1S/C9H13N3O6S2/c1-6(9(13)14)19(15,16)11-7-3-2-4-8(5-7)12-20(10,17)18/h2-6,11-12H,1H3,(H,13,14)(H2,10,17,18). The normalized spacial score (nSPS) is 13.5. The molecule has 1 unspecified atom stereocenters. The van der Waals surface area contributed by atoms with E-state index in [1.165, 1.54) is 18.2 Å². The van der Waals surface area contributed by atoms with E-state index in [-0.39, 0.29) is 11.4 Å². The summed E-state index contributed by atoms with van der Waals surface area (Å²) in [7, 11) is -8.12. The lowest BCUT2D eigenvalue weighted by Crippen LogP contribution is -2.32. The molecule has 112 valence electrons. The van der Waals surface area contributed by atoms with E-state index in [9.17, 15) is 21.6 Å². The molecule has 5 N–H and O–H groups in total. The molecular formula is C9H13N3O6S2. The molecule has 0 spiro atoms. The van der Waals surface area contributed by atoms with Gasteiger partial charge in [0.2, 0.25) is 10.0 Å². The fourth-order valence-corrected chi connectivity index (χ4v) is 2.55.